The van der Waals surface area contributed by atoms with Crippen molar-refractivity contribution in [2.24, 2.45) is 29.6 Å². The van der Waals surface area contributed by atoms with Crippen LogP contribution in [-0.4, -0.2) is 22.9 Å². The van der Waals surface area contributed by atoms with Crippen LogP contribution in [0.3, 0.4) is 0 Å². The molecule has 3 aliphatic carbocycles. The van der Waals surface area contributed by atoms with Crippen molar-refractivity contribution in [2.75, 3.05) is 0 Å². The quantitative estimate of drug-likeness (QED) is 0.706. The lowest BCUT2D eigenvalue weighted by molar-refractivity contribution is -0.149. The summed E-state index contributed by atoms with van der Waals surface area (Å²) in [5, 5.41) is 11.3. The van der Waals surface area contributed by atoms with E-state index in [1.807, 2.05) is 5.38 Å². The molecule has 2 bridgehead atoms. The molecule has 3 aliphatic rings. The molecule has 0 saturated heterocycles. The smallest absolute Gasteiger partial charge is 0.307 e. The van der Waals surface area contributed by atoms with Crippen molar-refractivity contribution in [1.82, 2.24) is 10.9 Å². The van der Waals surface area contributed by atoms with Crippen LogP contribution >= 0.6 is 11.3 Å². The van der Waals surface area contributed by atoms with E-state index in [1.54, 1.807) is 11.3 Å². The molecule has 7 heteroatoms. The average molecular weight is 376 g/mol. The highest BCUT2D eigenvalue weighted by molar-refractivity contribution is 7.10. The van der Waals surface area contributed by atoms with Gasteiger partial charge in [-0.15, -0.1) is 11.3 Å². The molecule has 3 N–H and O–H groups in total. The third kappa shape index (κ3) is 2.92. The Hall–Kier alpha value is -1.89. The average Bonchev–Trinajstić information content (AvgIpc) is 3.32. The Balaban J connectivity index is 1.41. The molecule has 0 radical (unpaired) electrons. The molecule has 0 unspecified atom stereocenters. The molecule has 0 spiro atoms. The highest BCUT2D eigenvalue weighted by Gasteiger charge is 2.54. The molecule has 26 heavy (non-hydrogen) atoms. The third-order valence-electron chi connectivity index (χ3n) is 6.45. The summed E-state index contributed by atoms with van der Waals surface area (Å²) in [5.74, 6) is -1.88. The van der Waals surface area contributed by atoms with Gasteiger partial charge in [0, 0.05) is 10.3 Å². The van der Waals surface area contributed by atoms with Crippen molar-refractivity contribution in [1.29, 1.82) is 0 Å². The first kappa shape index (κ1) is 17.5. The fraction of sp³-hybridized carbons (Fsp3) is 0.632. The molecule has 1 heterocycles. The third-order valence-corrected chi connectivity index (χ3v) is 7.50. The molecule has 4 rings (SSSR count). The van der Waals surface area contributed by atoms with Crippen molar-refractivity contribution in [3.63, 3.8) is 0 Å². The van der Waals surface area contributed by atoms with Crippen LogP contribution in [0.4, 0.5) is 0 Å². The minimum absolute atomic E-state index is 0.0924. The van der Waals surface area contributed by atoms with Gasteiger partial charge in [0.1, 0.15) is 0 Å². The summed E-state index contributed by atoms with van der Waals surface area (Å²) in [6, 6.07) is 0. The summed E-state index contributed by atoms with van der Waals surface area (Å²) in [7, 11) is 0. The van der Waals surface area contributed by atoms with Gasteiger partial charge in [0.05, 0.1) is 17.4 Å². The van der Waals surface area contributed by atoms with Crippen LogP contribution in [-0.2, 0) is 22.4 Å². The molecule has 140 valence electrons. The molecule has 2 saturated carbocycles. The molecule has 5 atom stereocenters. The van der Waals surface area contributed by atoms with Gasteiger partial charge in [-0.1, -0.05) is 6.92 Å². The summed E-state index contributed by atoms with van der Waals surface area (Å²) in [6.07, 6.45) is 5.56. The second-order valence-corrected chi connectivity index (χ2v) is 9.03. The minimum atomic E-state index is -0.898. The first-order valence-corrected chi connectivity index (χ1v) is 10.3. The molecule has 0 aromatic carbocycles. The van der Waals surface area contributed by atoms with E-state index in [2.05, 4.69) is 17.8 Å². The Morgan fingerprint density at radius 3 is 2.58 bits per heavy atom. The van der Waals surface area contributed by atoms with Crippen LogP contribution in [0, 0.1) is 29.6 Å². The SMILES string of the molecule is C[C@H]1CCc2c(C(=O)NNC(=O)[C@@H]3[C@@H]4CC[C@@H](C4)[C@@H]3C(=O)O)csc2C1. The number of carboxylic acids is 1. The van der Waals surface area contributed by atoms with Crippen molar-refractivity contribution >= 4 is 29.1 Å². The summed E-state index contributed by atoms with van der Waals surface area (Å²) in [6.45, 7) is 2.22. The van der Waals surface area contributed by atoms with Crippen molar-refractivity contribution in [3.8, 4) is 0 Å². The van der Waals surface area contributed by atoms with E-state index in [1.165, 1.54) is 4.88 Å². The fourth-order valence-corrected chi connectivity index (χ4v) is 6.41. The minimum Gasteiger partial charge on any atom is -0.481 e. The predicted octanol–water partition coefficient (Wildman–Crippen LogP) is 2.38. The monoisotopic (exact) mass is 376 g/mol. The number of carbonyl (C=O) groups excluding carboxylic acids is 2. The van der Waals surface area contributed by atoms with E-state index in [-0.39, 0.29) is 23.7 Å². The van der Waals surface area contributed by atoms with Gasteiger partial charge in [0.15, 0.2) is 0 Å². The Labute approximate surface area is 156 Å². The van der Waals surface area contributed by atoms with Gasteiger partial charge in [-0.05, 0) is 61.8 Å². The van der Waals surface area contributed by atoms with Gasteiger partial charge in [0.25, 0.3) is 5.91 Å². The van der Waals surface area contributed by atoms with Crippen LogP contribution in [0.2, 0.25) is 0 Å². The molecule has 1 aromatic rings. The molecule has 0 aliphatic heterocycles. The summed E-state index contributed by atoms with van der Waals surface area (Å²) in [5.41, 5.74) is 6.76. The van der Waals surface area contributed by atoms with Gasteiger partial charge < -0.3 is 5.11 Å². The number of hydrogen-bond donors (Lipinski definition) is 3. The molecule has 6 nitrogen and oxygen atoms in total. The summed E-state index contributed by atoms with van der Waals surface area (Å²) >= 11 is 1.61. The van der Waals surface area contributed by atoms with E-state index in [4.69, 9.17) is 0 Å². The van der Waals surface area contributed by atoms with E-state index in [0.717, 1.165) is 44.1 Å². The zero-order valence-electron chi connectivity index (χ0n) is 14.8. The number of carboxylic acid groups (broad SMARTS) is 1. The Morgan fingerprint density at radius 2 is 1.85 bits per heavy atom. The Kier molecular flexibility index (Phi) is 4.50. The van der Waals surface area contributed by atoms with E-state index in [0.29, 0.717) is 11.5 Å². The lowest BCUT2D eigenvalue weighted by Crippen LogP contribution is -2.48. The van der Waals surface area contributed by atoms with E-state index >= 15 is 0 Å². The number of nitrogens with one attached hydrogen (secondary N) is 2. The van der Waals surface area contributed by atoms with E-state index < -0.39 is 17.8 Å². The Bertz CT molecular complexity index is 759. The standard InChI is InChI=1S/C19H24N2O4S/c1-9-2-5-12-13(8-26-14(12)6-9)17(22)20-21-18(23)15-10-3-4-11(7-10)16(15)19(24)25/h8-11,15-16H,2-7H2,1H3,(H,20,22)(H,21,23)(H,24,25)/t9-,10+,11-,15+,16-/m0/s1. The van der Waals surface area contributed by atoms with Gasteiger partial charge in [0.2, 0.25) is 5.91 Å². The van der Waals surface area contributed by atoms with Gasteiger partial charge in [-0.3, -0.25) is 25.2 Å². The first-order valence-electron chi connectivity index (χ1n) is 9.38. The van der Waals surface area contributed by atoms with Crippen LogP contribution in [0.15, 0.2) is 5.38 Å². The Morgan fingerprint density at radius 1 is 1.12 bits per heavy atom. The number of hydrazine groups is 1. The first-order chi connectivity index (χ1) is 12.5. The number of carbonyl (C=O) groups is 3. The molecule has 2 fully saturated rings. The molecule has 1 aromatic heterocycles. The molecular weight excluding hydrogens is 352 g/mol. The number of amides is 2. The number of fused-ring (bicyclic) bond motifs is 3. The maximum absolute atomic E-state index is 12.6. The van der Waals surface area contributed by atoms with E-state index in [9.17, 15) is 19.5 Å². The normalized spacial score (nSPS) is 32.1. The topological polar surface area (TPSA) is 95.5 Å². The van der Waals surface area contributed by atoms with Crippen LogP contribution in [0.5, 0.6) is 0 Å². The molecule has 2 amide bonds. The lowest BCUT2D eigenvalue weighted by atomic mass is 9.79. The van der Waals surface area contributed by atoms with Crippen LogP contribution in [0.1, 0.15) is 53.4 Å². The maximum Gasteiger partial charge on any atom is 0.307 e. The predicted molar refractivity (Wildman–Crippen MR) is 96.6 cm³/mol. The zero-order chi connectivity index (χ0) is 18.4. The highest BCUT2D eigenvalue weighted by Crippen LogP contribution is 2.52. The lowest BCUT2D eigenvalue weighted by Gasteiger charge is -2.27. The highest BCUT2D eigenvalue weighted by atomic mass is 32.1. The zero-order valence-corrected chi connectivity index (χ0v) is 15.6. The van der Waals surface area contributed by atoms with Gasteiger partial charge in [-0.2, -0.15) is 0 Å². The number of hydrogen-bond acceptors (Lipinski definition) is 4. The van der Waals surface area contributed by atoms with Crippen LogP contribution in [0.25, 0.3) is 0 Å². The summed E-state index contributed by atoms with van der Waals surface area (Å²) in [4.78, 5) is 37.9. The van der Waals surface area contributed by atoms with Gasteiger partial charge in [-0.25, -0.2) is 0 Å². The van der Waals surface area contributed by atoms with Crippen molar-refractivity contribution < 1.29 is 19.5 Å². The van der Waals surface area contributed by atoms with Crippen molar-refractivity contribution in [2.45, 2.75) is 45.4 Å². The second-order valence-electron chi connectivity index (χ2n) is 8.07. The van der Waals surface area contributed by atoms with Crippen molar-refractivity contribution in [3.05, 3.63) is 21.4 Å². The number of aliphatic carboxylic acids is 1. The molecular formula is C19H24N2O4S. The largest absolute Gasteiger partial charge is 0.481 e. The van der Waals surface area contributed by atoms with Crippen LogP contribution < -0.4 is 10.9 Å². The fourth-order valence-electron chi connectivity index (χ4n) is 5.16. The second kappa shape index (κ2) is 6.68. The number of thiophene rings is 1. The van der Waals surface area contributed by atoms with Gasteiger partial charge >= 0.3 is 5.97 Å². The maximum atomic E-state index is 12.6. The number of rotatable bonds is 3. The summed E-state index contributed by atoms with van der Waals surface area (Å²) < 4.78 is 0.